The average molecular weight is 695 g/mol. The molecule has 1 unspecified atom stereocenters. The molecule has 2 aromatic heterocycles. The SMILES string of the molecule is C=C1CCN([C@H](CC(n2cncn2)[C@@](O)(c2ccc(F)cc2F)[C@@H](C)N2CCC(=C)CC2)[C@](O)(Cn2cncn2)c2ccc(F)cc2F)CC1. The van der Waals surface area contributed by atoms with Gasteiger partial charge in [0.2, 0.25) is 0 Å². The van der Waals surface area contributed by atoms with Crippen LogP contribution < -0.4 is 0 Å². The van der Waals surface area contributed by atoms with E-state index in [4.69, 9.17) is 0 Å². The van der Waals surface area contributed by atoms with E-state index in [1.807, 2.05) is 9.80 Å². The number of likely N-dealkylation sites (tertiary alicyclic amines) is 2. The molecular weight excluding hydrogens is 652 g/mol. The molecule has 4 aromatic rings. The third-order valence-corrected chi connectivity index (χ3v) is 10.5. The largest absolute Gasteiger partial charge is 0.381 e. The highest BCUT2D eigenvalue weighted by atomic mass is 19.1. The molecule has 2 saturated heterocycles. The second-order valence-electron chi connectivity index (χ2n) is 13.5. The van der Waals surface area contributed by atoms with Crippen molar-refractivity contribution in [2.45, 2.75) is 74.9 Å². The molecule has 2 aliphatic rings. The molecule has 4 heterocycles. The molecule has 0 aliphatic carbocycles. The minimum Gasteiger partial charge on any atom is -0.381 e. The van der Waals surface area contributed by atoms with Crippen LogP contribution in [-0.2, 0) is 17.7 Å². The van der Waals surface area contributed by atoms with Crippen molar-refractivity contribution in [2.24, 2.45) is 0 Å². The highest BCUT2D eigenvalue weighted by Gasteiger charge is 2.54. The topological polar surface area (TPSA) is 108 Å². The van der Waals surface area contributed by atoms with E-state index < -0.39 is 52.6 Å². The third kappa shape index (κ3) is 7.02. The Balaban J connectivity index is 1.56. The quantitative estimate of drug-likeness (QED) is 0.160. The van der Waals surface area contributed by atoms with Gasteiger partial charge < -0.3 is 10.2 Å². The van der Waals surface area contributed by atoms with Crippen molar-refractivity contribution in [3.05, 3.63) is 120 Å². The molecule has 50 heavy (non-hydrogen) atoms. The van der Waals surface area contributed by atoms with Crippen molar-refractivity contribution in [2.75, 3.05) is 26.2 Å². The fourth-order valence-corrected chi connectivity index (χ4v) is 7.65. The zero-order chi connectivity index (χ0) is 35.6. The van der Waals surface area contributed by atoms with Crippen molar-refractivity contribution in [1.29, 1.82) is 0 Å². The summed E-state index contributed by atoms with van der Waals surface area (Å²) in [6, 6.07) is 3.09. The highest BCUT2D eigenvalue weighted by Crippen LogP contribution is 2.47. The Morgan fingerprint density at radius 1 is 0.740 bits per heavy atom. The van der Waals surface area contributed by atoms with Gasteiger partial charge in [-0.1, -0.05) is 36.4 Å². The van der Waals surface area contributed by atoms with E-state index in [9.17, 15) is 19.0 Å². The highest BCUT2D eigenvalue weighted by molar-refractivity contribution is 5.31. The number of aromatic nitrogens is 6. The average Bonchev–Trinajstić information content (AvgIpc) is 3.81. The Kier molecular flexibility index (Phi) is 10.4. The van der Waals surface area contributed by atoms with Crippen LogP contribution in [0.4, 0.5) is 17.6 Å². The first-order chi connectivity index (χ1) is 23.9. The van der Waals surface area contributed by atoms with Crippen molar-refractivity contribution in [1.82, 2.24) is 39.3 Å². The van der Waals surface area contributed by atoms with Crippen molar-refractivity contribution in [3.63, 3.8) is 0 Å². The van der Waals surface area contributed by atoms with E-state index in [-0.39, 0.29) is 24.1 Å². The van der Waals surface area contributed by atoms with E-state index in [1.54, 1.807) is 6.92 Å². The zero-order valence-corrected chi connectivity index (χ0v) is 28.0. The van der Waals surface area contributed by atoms with Gasteiger partial charge in [-0.2, -0.15) is 10.2 Å². The van der Waals surface area contributed by atoms with Crippen LogP contribution in [0.2, 0.25) is 0 Å². The molecule has 0 radical (unpaired) electrons. The van der Waals surface area contributed by atoms with E-state index in [2.05, 4.69) is 33.3 Å². The summed E-state index contributed by atoms with van der Waals surface area (Å²) in [5, 5.41) is 34.9. The van der Waals surface area contributed by atoms with Crippen LogP contribution in [0.15, 0.2) is 86.0 Å². The lowest BCUT2D eigenvalue weighted by Crippen LogP contribution is -2.60. The van der Waals surface area contributed by atoms with Gasteiger partial charge >= 0.3 is 0 Å². The molecule has 0 spiro atoms. The summed E-state index contributed by atoms with van der Waals surface area (Å²) < 4.78 is 63.5. The van der Waals surface area contributed by atoms with Gasteiger partial charge in [0.05, 0.1) is 12.6 Å². The number of aliphatic hydroxyl groups is 2. The summed E-state index contributed by atoms with van der Waals surface area (Å²) in [6.45, 7) is 11.6. The van der Waals surface area contributed by atoms with Gasteiger partial charge in [-0.25, -0.2) is 36.9 Å². The number of benzene rings is 2. The Bertz CT molecular complexity index is 1790. The van der Waals surface area contributed by atoms with Gasteiger partial charge in [-0.15, -0.1) is 0 Å². The standard InChI is InChI=1S/C36H42F4N8O2/c1-24-8-12-45(13-9-24)26(3)36(50,30-7-5-28(38)17-32(30)40)34(48-23-42-21-44-48)18-33(46-14-10-25(2)11-15-46)35(49,19-47-22-41-20-43-47)29-6-4-27(37)16-31(29)39/h4-7,16-17,20-23,26,33-34,49-50H,1-2,8-15,18-19H2,3H3/t26-,33-,34?,35+,36+/m1/s1. The molecule has 2 fully saturated rings. The van der Waals surface area contributed by atoms with E-state index in [0.29, 0.717) is 57.9 Å². The molecule has 5 atom stereocenters. The monoisotopic (exact) mass is 694 g/mol. The fraction of sp³-hybridized carbons (Fsp3) is 0.444. The normalized spacial score (nSPS) is 20.6. The molecule has 2 aromatic carbocycles. The number of nitrogens with zero attached hydrogens (tertiary/aromatic N) is 8. The predicted octanol–water partition coefficient (Wildman–Crippen LogP) is 4.89. The number of piperidine rings is 2. The summed E-state index contributed by atoms with van der Waals surface area (Å²) in [4.78, 5) is 12.2. The van der Waals surface area contributed by atoms with Crippen LogP contribution in [0.5, 0.6) is 0 Å². The Hall–Kier alpha value is -4.24. The molecule has 0 amide bonds. The Labute approximate surface area is 288 Å². The Morgan fingerprint density at radius 3 is 1.80 bits per heavy atom. The third-order valence-electron chi connectivity index (χ3n) is 10.5. The van der Waals surface area contributed by atoms with Crippen LogP contribution >= 0.6 is 0 Å². The van der Waals surface area contributed by atoms with Crippen molar-refractivity contribution in [3.8, 4) is 0 Å². The van der Waals surface area contributed by atoms with Gasteiger partial charge in [0.1, 0.15) is 59.8 Å². The number of halogens is 4. The van der Waals surface area contributed by atoms with Crippen molar-refractivity contribution < 1.29 is 27.8 Å². The molecule has 266 valence electrons. The molecular formula is C36H42F4N8O2. The van der Waals surface area contributed by atoms with Gasteiger partial charge in [-0.3, -0.25) is 9.80 Å². The maximum atomic E-state index is 16.1. The Morgan fingerprint density at radius 2 is 1.28 bits per heavy atom. The number of hydrogen-bond donors (Lipinski definition) is 2. The van der Waals surface area contributed by atoms with Gasteiger partial charge in [0, 0.05) is 61.5 Å². The van der Waals surface area contributed by atoms with E-state index in [1.165, 1.54) is 46.8 Å². The first-order valence-electron chi connectivity index (χ1n) is 16.7. The smallest absolute Gasteiger partial charge is 0.137 e. The summed E-state index contributed by atoms with van der Waals surface area (Å²) >= 11 is 0. The molecule has 6 rings (SSSR count). The first kappa shape index (κ1) is 35.6. The number of rotatable bonds is 12. The molecule has 10 nitrogen and oxygen atoms in total. The minimum atomic E-state index is -2.11. The second kappa shape index (κ2) is 14.5. The van der Waals surface area contributed by atoms with Crippen LogP contribution in [0, 0.1) is 23.3 Å². The van der Waals surface area contributed by atoms with Crippen LogP contribution in [0.3, 0.4) is 0 Å². The zero-order valence-electron chi connectivity index (χ0n) is 28.0. The molecule has 0 saturated carbocycles. The fourth-order valence-electron chi connectivity index (χ4n) is 7.65. The van der Waals surface area contributed by atoms with E-state index >= 15 is 8.78 Å². The lowest BCUT2D eigenvalue weighted by Gasteiger charge is -2.51. The van der Waals surface area contributed by atoms with Crippen molar-refractivity contribution >= 4 is 0 Å². The maximum Gasteiger partial charge on any atom is 0.137 e. The lowest BCUT2D eigenvalue weighted by molar-refractivity contribution is -0.124. The minimum absolute atomic E-state index is 0.143. The van der Waals surface area contributed by atoms with Gasteiger partial charge in [0.15, 0.2) is 0 Å². The van der Waals surface area contributed by atoms with Gasteiger partial charge in [0.25, 0.3) is 0 Å². The molecule has 14 heteroatoms. The summed E-state index contributed by atoms with van der Waals surface area (Å²) in [6.07, 6.45) is 7.70. The lowest BCUT2D eigenvalue weighted by atomic mass is 9.73. The maximum absolute atomic E-state index is 16.1. The second-order valence-corrected chi connectivity index (χ2v) is 13.5. The van der Waals surface area contributed by atoms with Crippen LogP contribution in [-0.4, -0.2) is 87.8 Å². The van der Waals surface area contributed by atoms with Crippen LogP contribution in [0.1, 0.15) is 56.2 Å². The summed E-state index contributed by atoms with van der Waals surface area (Å²) in [5.74, 6) is -3.56. The van der Waals surface area contributed by atoms with E-state index in [0.717, 1.165) is 29.3 Å². The predicted molar refractivity (Wildman–Crippen MR) is 177 cm³/mol. The molecule has 2 N–H and O–H groups in total. The first-order valence-corrected chi connectivity index (χ1v) is 16.7. The summed E-state index contributed by atoms with van der Waals surface area (Å²) in [5.41, 5.74) is -2.53. The van der Waals surface area contributed by atoms with Gasteiger partial charge in [-0.05, 0) is 51.2 Å². The molecule has 2 aliphatic heterocycles. The molecule has 0 bridgehead atoms. The number of hydrogen-bond acceptors (Lipinski definition) is 8. The van der Waals surface area contributed by atoms with Crippen LogP contribution in [0.25, 0.3) is 0 Å². The summed E-state index contributed by atoms with van der Waals surface area (Å²) in [7, 11) is 0.